The van der Waals surface area contributed by atoms with Gasteiger partial charge in [-0.05, 0) is 95.5 Å². The molecular formula is C45H47F7N10O5S3. The van der Waals surface area contributed by atoms with Gasteiger partial charge < -0.3 is 20.7 Å². The monoisotopic (exact) mass is 1040 g/mol. The summed E-state index contributed by atoms with van der Waals surface area (Å²) in [6, 6.07) is 8.03. The number of benzene rings is 2. The van der Waals surface area contributed by atoms with E-state index < -0.39 is 110 Å². The van der Waals surface area contributed by atoms with E-state index in [1.165, 1.54) is 27.8 Å². The van der Waals surface area contributed by atoms with E-state index in [1.54, 1.807) is 65.3 Å². The van der Waals surface area contributed by atoms with Crippen LogP contribution in [0.5, 0.6) is 0 Å². The van der Waals surface area contributed by atoms with Gasteiger partial charge >= 0.3 is 12.3 Å². The van der Waals surface area contributed by atoms with Crippen molar-refractivity contribution in [2.24, 2.45) is 18.9 Å². The van der Waals surface area contributed by atoms with E-state index in [2.05, 4.69) is 35.9 Å². The number of fused-ring (bicyclic) bond motifs is 5. The molecule has 1 saturated heterocycles. The van der Waals surface area contributed by atoms with Crippen molar-refractivity contribution >= 4 is 72.2 Å². The summed E-state index contributed by atoms with van der Waals surface area (Å²) in [6.07, 6.45) is -4.06. The van der Waals surface area contributed by atoms with Gasteiger partial charge in [0.05, 0.1) is 27.7 Å². The minimum absolute atomic E-state index is 0.0330. The summed E-state index contributed by atoms with van der Waals surface area (Å²) in [5.41, 5.74) is -3.45. The van der Waals surface area contributed by atoms with Gasteiger partial charge in [0, 0.05) is 59.1 Å². The van der Waals surface area contributed by atoms with Gasteiger partial charge in [-0.15, -0.1) is 11.3 Å². The molecule has 3 unspecified atom stereocenters. The molecule has 0 radical (unpaired) electrons. The van der Waals surface area contributed by atoms with Crippen LogP contribution in [-0.4, -0.2) is 86.2 Å². The molecule has 70 heavy (non-hydrogen) atoms. The lowest BCUT2D eigenvalue weighted by molar-refractivity contribution is -0.142. The second-order valence-electron chi connectivity index (χ2n) is 19.1. The Balaban J connectivity index is 1.10. The number of carbonyl (C=O) groups is 2. The molecule has 15 nitrogen and oxygen atoms in total. The number of halogens is 7. The topological polar surface area (TPSA) is 187 Å². The van der Waals surface area contributed by atoms with Crippen LogP contribution < -0.4 is 20.7 Å². The van der Waals surface area contributed by atoms with Crippen LogP contribution in [0, 0.1) is 23.5 Å². The van der Waals surface area contributed by atoms with Crippen LogP contribution >= 0.6 is 23.1 Å². The summed E-state index contributed by atoms with van der Waals surface area (Å²) in [7, 11) is -2.61. The molecular weight excluding hydrogens is 990 g/mol. The van der Waals surface area contributed by atoms with Crippen molar-refractivity contribution < 1.29 is 53.5 Å². The van der Waals surface area contributed by atoms with E-state index in [-0.39, 0.29) is 42.1 Å². The third kappa shape index (κ3) is 9.64. The Morgan fingerprint density at radius 2 is 1.79 bits per heavy atom. The number of hydrogen-bond acceptors (Lipinski definition) is 12. The molecule has 0 spiro atoms. The van der Waals surface area contributed by atoms with Gasteiger partial charge in [-0.1, -0.05) is 23.9 Å². The van der Waals surface area contributed by atoms with Crippen molar-refractivity contribution in [1.82, 2.24) is 45.5 Å². The zero-order chi connectivity index (χ0) is 50.5. The molecule has 5 atom stereocenters. The van der Waals surface area contributed by atoms with Gasteiger partial charge in [-0.3, -0.25) is 18.9 Å². The number of nitrogens with zero attached hydrogens (tertiary/aromatic N) is 6. The van der Waals surface area contributed by atoms with E-state index in [0.29, 0.717) is 54.8 Å². The number of piperidine rings is 1. The number of thiazole rings is 1. The Kier molecular flexibility index (Phi) is 12.5. The number of carbonyl (C=O) groups excluding carboxylic acids is 2. The lowest BCUT2D eigenvalue weighted by atomic mass is 9.81. The van der Waals surface area contributed by atoms with Crippen LogP contribution in [0.15, 0.2) is 46.8 Å². The minimum atomic E-state index is -5.08. The zero-order valence-electron chi connectivity index (χ0n) is 38.4. The van der Waals surface area contributed by atoms with Crippen LogP contribution in [0.2, 0.25) is 0 Å². The molecule has 2 aliphatic carbocycles. The van der Waals surface area contributed by atoms with E-state index in [4.69, 9.17) is 9.72 Å². The van der Waals surface area contributed by atoms with Crippen molar-refractivity contribution in [3.8, 4) is 11.1 Å². The van der Waals surface area contributed by atoms with Gasteiger partial charge in [0.25, 0.3) is 5.92 Å². The minimum Gasteiger partial charge on any atom is -0.444 e. The number of ether oxygens (including phenoxy) is 1. The van der Waals surface area contributed by atoms with E-state index in [9.17, 15) is 40.0 Å². The summed E-state index contributed by atoms with van der Waals surface area (Å²) in [6.45, 7) is 6.64. The standard InChI is InChI=1S/C45H47F7N10O5S3/c1-42(2,3)67-40(64)57-43(4)10-11-53-18-22(43)20-70(65,66)60-38-26-9-7-8-25(35(26)61(5)59-38)27-17-31-39(56-41(68-6)69-31)55-34(27)30(14-21-12-23(46)15-24(47)13-21)54-32(63)19-62-37-33(36(58-62)45(50,51)52)28-16-29(28)44(37,48)49/h7-9,12-13,15,17,22,28-30,53H,10-11,14,16,18-20H2,1-6H3,(H,54,63)(H,57,64)(H,59,60)/t22?,28-,29+,30?,43?/m0/s1. The first kappa shape index (κ1) is 49.5. The highest BCUT2D eigenvalue weighted by Crippen LogP contribution is 2.68. The fourth-order valence-electron chi connectivity index (χ4n) is 9.66. The molecule has 2 amide bonds. The molecule has 374 valence electrons. The number of sulfonamides is 1. The molecule has 1 saturated carbocycles. The maximum Gasteiger partial charge on any atom is 0.435 e. The number of thioether (sulfide) groups is 1. The summed E-state index contributed by atoms with van der Waals surface area (Å²) >= 11 is 2.62. The first-order chi connectivity index (χ1) is 32.7. The molecule has 9 rings (SSSR count). The second-order valence-corrected chi connectivity index (χ2v) is 23.0. The van der Waals surface area contributed by atoms with Gasteiger partial charge in [-0.2, -0.15) is 32.1 Å². The number of pyridine rings is 1. The fraction of sp³-hybridized carbons (Fsp3) is 0.467. The number of para-hydroxylation sites is 1. The number of rotatable bonds is 13. The molecule has 5 heterocycles. The van der Waals surface area contributed by atoms with Gasteiger partial charge in [0.1, 0.15) is 29.5 Å². The van der Waals surface area contributed by atoms with Crippen LogP contribution in [0.3, 0.4) is 0 Å². The van der Waals surface area contributed by atoms with Crippen molar-refractivity contribution in [2.45, 2.75) is 93.0 Å². The smallest absolute Gasteiger partial charge is 0.435 e. The number of nitrogens with one attached hydrogen (secondary N) is 4. The number of alkyl carbamates (subject to hydrolysis) is 1. The first-order valence-electron chi connectivity index (χ1n) is 22.1. The highest BCUT2D eigenvalue weighted by Gasteiger charge is 2.68. The van der Waals surface area contributed by atoms with E-state index in [0.717, 1.165) is 12.1 Å². The Morgan fingerprint density at radius 1 is 1.06 bits per heavy atom. The maximum absolute atomic E-state index is 15.6. The molecule has 4 N–H and O–H groups in total. The third-order valence-corrected chi connectivity index (χ3v) is 16.1. The van der Waals surface area contributed by atoms with Crippen molar-refractivity contribution in [1.29, 1.82) is 0 Å². The average Bonchev–Trinajstić information content (AvgIpc) is 3.51. The van der Waals surface area contributed by atoms with Gasteiger partial charge in [-0.25, -0.2) is 32.0 Å². The normalized spacial score (nSPS) is 21.4. The summed E-state index contributed by atoms with van der Waals surface area (Å²) in [4.78, 5) is 36.5. The molecule has 2 aromatic carbocycles. The van der Waals surface area contributed by atoms with Crippen molar-refractivity contribution in [2.75, 3.05) is 29.8 Å². The quantitative estimate of drug-likeness (QED) is 0.0643. The number of anilines is 1. The first-order valence-corrected chi connectivity index (χ1v) is 25.8. The number of aromatic nitrogens is 6. The molecule has 6 aromatic rings. The lowest BCUT2D eigenvalue weighted by Crippen LogP contribution is -2.61. The van der Waals surface area contributed by atoms with Crippen LogP contribution in [0.25, 0.3) is 32.4 Å². The summed E-state index contributed by atoms with van der Waals surface area (Å²) in [5, 5.41) is 17.2. The average molecular weight is 1040 g/mol. The van der Waals surface area contributed by atoms with Crippen LogP contribution in [0.4, 0.5) is 41.3 Å². The number of alkyl halides is 5. The predicted octanol–water partition coefficient (Wildman–Crippen LogP) is 8.40. The Labute approximate surface area is 404 Å². The number of amides is 2. The Morgan fingerprint density at radius 3 is 2.47 bits per heavy atom. The third-order valence-electron chi connectivity index (χ3n) is 12.8. The Hall–Kier alpha value is -5.53. The van der Waals surface area contributed by atoms with E-state index in [1.807, 2.05) is 0 Å². The SMILES string of the molecule is CSc1nc2nc(C(Cc3cc(F)cc(F)c3)NC(=O)Cn3nc(C(F)(F)F)c4c3C(F)(F)[C@@H]3C[C@H]43)c(-c3cccc4c(NS(=O)(=O)CC5CNCCC5(C)NC(=O)OC(C)(C)C)nn(C)c34)cc2s1. The zero-order valence-corrected chi connectivity index (χ0v) is 40.8. The lowest BCUT2D eigenvalue weighted by Gasteiger charge is -2.42. The summed E-state index contributed by atoms with van der Waals surface area (Å²) in [5.74, 6) is -10.1. The largest absolute Gasteiger partial charge is 0.444 e. The summed E-state index contributed by atoms with van der Waals surface area (Å²) < 4.78 is 142. The maximum atomic E-state index is 15.6. The van der Waals surface area contributed by atoms with Gasteiger partial charge in [0.2, 0.25) is 15.9 Å². The Bertz CT molecular complexity index is 3170. The molecule has 1 aliphatic heterocycles. The van der Waals surface area contributed by atoms with Gasteiger partial charge in [0.15, 0.2) is 21.5 Å². The number of aryl methyl sites for hydroxylation is 1. The molecule has 2 fully saturated rings. The second kappa shape index (κ2) is 17.6. The molecule has 3 aliphatic rings. The van der Waals surface area contributed by atoms with Crippen LogP contribution in [0.1, 0.15) is 80.7 Å². The molecule has 0 bridgehead atoms. The molecule has 25 heteroatoms. The highest BCUT2D eigenvalue weighted by molar-refractivity contribution is 8.00. The van der Waals surface area contributed by atoms with Crippen molar-refractivity contribution in [3.05, 3.63) is 82.3 Å². The predicted molar refractivity (Wildman–Crippen MR) is 248 cm³/mol. The van der Waals surface area contributed by atoms with E-state index >= 15 is 8.78 Å². The molecule has 4 aromatic heterocycles. The highest BCUT2D eigenvalue weighted by atomic mass is 32.2. The fourth-order valence-corrected chi connectivity index (χ4v) is 12.7. The number of hydrogen-bond donors (Lipinski definition) is 4. The van der Waals surface area contributed by atoms with Crippen LogP contribution in [-0.2, 0) is 51.7 Å². The van der Waals surface area contributed by atoms with Crippen molar-refractivity contribution in [3.63, 3.8) is 0 Å².